The first-order chi connectivity index (χ1) is 7.81. The SMILES string of the molecule is CSC(c1ccc(C)cc1)=[N+]1CCOCC1. The van der Waals surface area contributed by atoms with Crippen LogP contribution in [-0.2, 0) is 4.74 Å². The Bertz CT molecular complexity index is 375. The van der Waals surface area contributed by atoms with Gasteiger partial charge in [-0.15, -0.1) is 0 Å². The number of hydrogen-bond acceptors (Lipinski definition) is 2. The topological polar surface area (TPSA) is 12.2 Å². The quantitative estimate of drug-likeness (QED) is 0.547. The first kappa shape index (κ1) is 11.7. The van der Waals surface area contributed by atoms with E-state index in [1.54, 1.807) is 0 Å². The molecule has 0 atom stereocenters. The molecule has 86 valence electrons. The molecule has 3 heteroatoms. The second-order valence-electron chi connectivity index (χ2n) is 3.97. The fraction of sp³-hybridized carbons (Fsp3) is 0.462. The maximum atomic E-state index is 5.39. The molecule has 1 aliphatic rings. The number of rotatable bonds is 1. The van der Waals surface area contributed by atoms with Gasteiger partial charge in [0.2, 0.25) is 5.04 Å². The Hall–Kier alpha value is -0.800. The molecule has 1 heterocycles. The summed E-state index contributed by atoms with van der Waals surface area (Å²) in [5, 5.41) is 1.36. The van der Waals surface area contributed by atoms with Crippen molar-refractivity contribution in [1.82, 2.24) is 0 Å². The van der Waals surface area contributed by atoms with Crippen molar-refractivity contribution in [2.45, 2.75) is 6.92 Å². The zero-order chi connectivity index (χ0) is 11.4. The third kappa shape index (κ3) is 2.66. The molecule has 0 bridgehead atoms. The fourth-order valence-electron chi connectivity index (χ4n) is 1.89. The summed E-state index contributed by atoms with van der Waals surface area (Å²) in [6.45, 7) is 5.82. The maximum Gasteiger partial charge on any atom is 0.241 e. The van der Waals surface area contributed by atoms with E-state index in [9.17, 15) is 0 Å². The zero-order valence-corrected chi connectivity index (χ0v) is 10.7. The lowest BCUT2D eigenvalue weighted by Crippen LogP contribution is -2.32. The van der Waals surface area contributed by atoms with Crippen LogP contribution in [0.1, 0.15) is 11.1 Å². The highest BCUT2D eigenvalue weighted by Gasteiger charge is 2.19. The van der Waals surface area contributed by atoms with Crippen molar-refractivity contribution in [3.05, 3.63) is 35.4 Å². The Morgan fingerprint density at radius 2 is 1.81 bits per heavy atom. The van der Waals surface area contributed by atoms with Crippen LogP contribution >= 0.6 is 11.8 Å². The average Bonchev–Trinajstić information content (AvgIpc) is 2.34. The second-order valence-corrected chi connectivity index (χ2v) is 4.77. The summed E-state index contributed by atoms with van der Waals surface area (Å²) in [5.41, 5.74) is 2.63. The Morgan fingerprint density at radius 3 is 2.38 bits per heavy atom. The Balaban J connectivity index is 2.30. The molecule has 1 aromatic carbocycles. The average molecular weight is 236 g/mol. The molecule has 16 heavy (non-hydrogen) atoms. The lowest BCUT2D eigenvalue weighted by atomic mass is 10.2. The monoisotopic (exact) mass is 236 g/mol. The number of aryl methyl sites for hydroxylation is 1. The smallest absolute Gasteiger partial charge is 0.241 e. The van der Waals surface area contributed by atoms with Gasteiger partial charge in [-0.25, -0.2) is 4.58 Å². The van der Waals surface area contributed by atoms with Gasteiger partial charge in [-0.05, 0) is 25.3 Å². The molecule has 0 aromatic heterocycles. The molecule has 0 radical (unpaired) electrons. The molecule has 0 unspecified atom stereocenters. The minimum absolute atomic E-state index is 0.843. The lowest BCUT2D eigenvalue weighted by Gasteiger charge is -2.14. The Morgan fingerprint density at radius 1 is 1.19 bits per heavy atom. The predicted octanol–water partition coefficient (Wildman–Crippen LogP) is 2.15. The number of benzene rings is 1. The molecule has 0 N–H and O–H groups in total. The van der Waals surface area contributed by atoms with Gasteiger partial charge in [0.25, 0.3) is 0 Å². The third-order valence-electron chi connectivity index (χ3n) is 2.79. The minimum atomic E-state index is 0.843. The van der Waals surface area contributed by atoms with E-state index in [0.717, 1.165) is 26.3 Å². The molecule has 1 aromatic rings. The minimum Gasteiger partial charge on any atom is -0.368 e. The predicted molar refractivity (Wildman–Crippen MR) is 69.6 cm³/mol. The van der Waals surface area contributed by atoms with Crippen LogP contribution in [0.15, 0.2) is 24.3 Å². The molecule has 0 saturated carbocycles. The van der Waals surface area contributed by atoms with Crippen LogP contribution < -0.4 is 0 Å². The van der Waals surface area contributed by atoms with Crippen LogP contribution in [0, 0.1) is 6.92 Å². The first-order valence-electron chi connectivity index (χ1n) is 5.62. The number of thioether (sulfide) groups is 1. The van der Waals surface area contributed by atoms with Crippen LogP contribution in [0.3, 0.4) is 0 Å². The summed E-state index contributed by atoms with van der Waals surface area (Å²) in [6, 6.07) is 8.76. The molecule has 0 spiro atoms. The van der Waals surface area contributed by atoms with E-state index in [2.05, 4.69) is 42.0 Å². The van der Waals surface area contributed by atoms with E-state index in [-0.39, 0.29) is 0 Å². The van der Waals surface area contributed by atoms with Crippen molar-refractivity contribution in [3.63, 3.8) is 0 Å². The molecule has 0 aliphatic carbocycles. The van der Waals surface area contributed by atoms with Crippen molar-refractivity contribution >= 4 is 16.8 Å². The summed E-state index contributed by atoms with van der Waals surface area (Å²) >= 11 is 1.82. The van der Waals surface area contributed by atoms with Crippen molar-refractivity contribution in [3.8, 4) is 0 Å². The van der Waals surface area contributed by atoms with Crippen LogP contribution in [0.4, 0.5) is 0 Å². The molecule has 1 fully saturated rings. The lowest BCUT2D eigenvalue weighted by molar-refractivity contribution is -0.546. The van der Waals surface area contributed by atoms with E-state index >= 15 is 0 Å². The van der Waals surface area contributed by atoms with Gasteiger partial charge >= 0.3 is 0 Å². The van der Waals surface area contributed by atoms with Crippen molar-refractivity contribution in [1.29, 1.82) is 0 Å². The summed E-state index contributed by atoms with van der Waals surface area (Å²) in [4.78, 5) is 0. The van der Waals surface area contributed by atoms with Crippen LogP contribution in [0.25, 0.3) is 0 Å². The van der Waals surface area contributed by atoms with Crippen molar-refractivity contribution < 1.29 is 9.31 Å². The highest BCUT2D eigenvalue weighted by Crippen LogP contribution is 2.13. The number of nitrogens with zero attached hydrogens (tertiary/aromatic N) is 1. The summed E-state index contributed by atoms with van der Waals surface area (Å²) in [5.74, 6) is 0. The highest BCUT2D eigenvalue weighted by atomic mass is 32.2. The summed E-state index contributed by atoms with van der Waals surface area (Å²) in [6.07, 6.45) is 2.14. The van der Waals surface area contributed by atoms with Gasteiger partial charge in [0, 0.05) is 0 Å². The van der Waals surface area contributed by atoms with Crippen LogP contribution in [-0.4, -0.2) is 42.2 Å². The number of morpholine rings is 1. The van der Waals surface area contributed by atoms with Crippen LogP contribution in [0.5, 0.6) is 0 Å². The molecule has 2 nitrogen and oxygen atoms in total. The standard InChI is InChI=1S/C13H18NOS/c1-11-3-5-12(6-4-11)13(16-2)14-7-9-15-10-8-14/h3-6H,7-10H2,1-2H3/q+1. The van der Waals surface area contributed by atoms with Gasteiger partial charge in [0.1, 0.15) is 13.2 Å². The molecule has 1 saturated heterocycles. The van der Waals surface area contributed by atoms with Crippen LogP contribution in [0.2, 0.25) is 0 Å². The first-order valence-corrected chi connectivity index (χ1v) is 6.84. The number of hydrogen-bond donors (Lipinski definition) is 0. The van der Waals surface area contributed by atoms with Gasteiger partial charge in [-0.2, -0.15) is 0 Å². The van der Waals surface area contributed by atoms with E-state index < -0.39 is 0 Å². The Kier molecular flexibility index (Phi) is 4.02. The largest absolute Gasteiger partial charge is 0.368 e. The molecular weight excluding hydrogens is 218 g/mol. The number of ether oxygens (including phenoxy) is 1. The van der Waals surface area contributed by atoms with E-state index in [1.165, 1.54) is 16.2 Å². The van der Waals surface area contributed by atoms with Gasteiger partial charge < -0.3 is 4.74 Å². The molecular formula is C13H18NOS+. The van der Waals surface area contributed by atoms with Crippen molar-refractivity contribution in [2.75, 3.05) is 32.6 Å². The van der Waals surface area contributed by atoms with Crippen molar-refractivity contribution in [2.24, 2.45) is 0 Å². The van der Waals surface area contributed by atoms with E-state index in [0.29, 0.717) is 0 Å². The summed E-state index contributed by atoms with van der Waals surface area (Å²) in [7, 11) is 0. The summed E-state index contributed by atoms with van der Waals surface area (Å²) < 4.78 is 7.80. The van der Waals surface area contributed by atoms with Gasteiger partial charge in [0.05, 0.1) is 5.56 Å². The zero-order valence-electron chi connectivity index (χ0n) is 9.90. The normalized spacial score (nSPS) is 16.2. The fourth-order valence-corrected chi connectivity index (χ4v) is 2.70. The molecule has 1 aliphatic heterocycles. The Labute approximate surface area is 101 Å². The van der Waals surface area contributed by atoms with Gasteiger partial charge in [-0.1, -0.05) is 29.5 Å². The van der Waals surface area contributed by atoms with E-state index in [4.69, 9.17) is 4.74 Å². The third-order valence-corrected chi connectivity index (χ3v) is 3.67. The second kappa shape index (κ2) is 5.51. The van der Waals surface area contributed by atoms with Gasteiger partial charge in [0.15, 0.2) is 13.1 Å². The molecule has 0 amide bonds. The maximum absolute atomic E-state index is 5.39. The van der Waals surface area contributed by atoms with Gasteiger partial charge in [-0.3, -0.25) is 0 Å². The highest BCUT2D eigenvalue weighted by molar-refractivity contribution is 8.13. The molecule has 2 rings (SSSR count). The van der Waals surface area contributed by atoms with E-state index in [1.807, 2.05) is 11.8 Å².